The van der Waals surface area contributed by atoms with Crippen molar-refractivity contribution < 1.29 is 9.50 Å². The van der Waals surface area contributed by atoms with Gasteiger partial charge in [-0.1, -0.05) is 38.8 Å². The van der Waals surface area contributed by atoms with Gasteiger partial charge in [0, 0.05) is 0 Å². The van der Waals surface area contributed by atoms with E-state index in [4.69, 9.17) is 0 Å². The van der Waals surface area contributed by atoms with Gasteiger partial charge in [0.25, 0.3) is 0 Å². The Balaban J connectivity index is 2.45. The predicted octanol–water partition coefficient (Wildman–Crippen LogP) is 3.92. The van der Waals surface area contributed by atoms with Crippen LogP contribution in [-0.4, -0.2) is 5.11 Å². The number of halogens is 1. The summed E-state index contributed by atoms with van der Waals surface area (Å²) < 4.78 is 13.3. The van der Waals surface area contributed by atoms with Crippen LogP contribution in [0.2, 0.25) is 0 Å². The van der Waals surface area contributed by atoms with E-state index in [0.29, 0.717) is 5.56 Å². The van der Waals surface area contributed by atoms with E-state index in [2.05, 4.69) is 13.8 Å². The highest BCUT2D eigenvalue weighted by Gasteiger charge is 2.46. The van der Waals surface area contributed by atoms with Crippen molar-refractivity contribution in [2.75, 3.05) is 0 Å². The molecule has 0 bridgehead atoms. The van der Waals surface area contributed by atoms with E-state index in [-0.39, 0.29) is 11.2 Å². The summed E-state index contributed by atoms with van der Waals surface area (Å²) in [6, 6.07) is 4.99. The van der Waals surface area contributed by atoms with Crippen LogP contribution in [0.4, 0.5) is 4.39 Å². The van der Waals surface area contributed by atoms with Gasteiger partial charge in [-0.25, -0.2) is 4.39 Å². The summed E-state index contributed by atoms with van der Waals surface area (Å²) in [5.41, 5.74) is 0.512. The lowest BCUT2D eigenvalue weighted by Crippen LogP contribution is -2.44. The average Bonchev–Trinajstić information content (AvgIpc) is 2.26. The number of benzene rings is 1. The van der Waals surface area contributed by atoms with Crippen LogP contribution in [0.25, 0.3) is 0 Å². The van der Waals surface area contributed by atoms with Crippen LogP contribution in [0.15, 0.2) is 18.2 Å². The third-order valence-electron chi connectivity index (χ3n) is 4.35. The molecular weight excluding hydrogens is 215 g/mol. The zero-order valence-corrected chi connectivity index (χ0v) is 10.9. The first kappa shape index (κ1) is 12.6. The Morgan fingerprint density at radius 3 is 2.41 bits per heavy atom. The third-order valence-corrected chi connectivity index (χ3v) is 4.35. The highest BCUT2D eigenvalue weighted by molar-refractivity contribution is 5.30. The first-order chi connectivity index (χ1) is 7.87. The standard InChI is InChI=1S/C15H21FO/c1-11-10-12(6-7-13(11)16)15(17)9-5-4-8-14(15,2)3/h6-7,10,17H,4-5,8-9H2,1-3H3. The second kappa shape index (κ2) is 4.09. The highest BCUT2D eigenvalue weighted by atomic mass is 19.1. The minimum atomic E-state index is -0.816. The highest BCUT2D eigenvalue weighted by Crippen LogP contribution is 2.50. The number of aryl methyl sites for hydroxylation is 1. The maximum atomic E-state index is 13.3. The van der Waals surface area contributed by atoms with Crippen molar-refractivity contribution in [1.82, 2.24) is 0 Å². The van der Waals surface area contributed by atoms with E-state index in [1.54, 1.807) is 19.1 Å². The molecule has 0 heterocycles. The molecule has 1 N–H and O–H groups in total. The quantitative estimate of drug-likeness (QED) is 0.783. The zero-order valence-electron chi connectivity index (χ0n) is 10.9. The van der Waals surface area contributed by atoms with Crippen LogP contribution < -0.4 is 0 Å². The van der Waals surface area contributed by atoms with Crippen LogP contribution in [-0.2, 0) is 5.60 Å². The fourth-order valence-corrected chi connectivity index (χ4v) is 2.93. The third kappa shape index (κ3) is 1.99. The molecule has 1 saturated carbocycles. The summed E-state index contributed by atoms with van der Waals surface area (Å²) in [7, 11) is 0. The number of aliphatic hydroxyl groups is 1. The van der Waals surface area contributed by atoms with Crippen LogP contribution in [0, 0.1) is 18.2 Å². The Kier molecular flexibility index (Phi) is 3.03. The molecule has 1 aromatic carbocycles. The minimum Gasteiger partial charge on any atom is -0.385 e. The monoisotopic (exact) mass is 236 g/mol. The number of rotatable bonds is 1. The summed E-state index contributed by atoms with van der Waals surface area (Å²) in [5, 5.41) is 11.0. The molecule has 0 spiro atoms. The van der Waals surface area contributed by atoms with E-state index in [1.165, 1.54) is 6.07 Å². The summed E-state index contributed by atoms with van der Waals surface area (Å²) >= 11 is 0. The Morgan fingerprint density at radius 1 is 1.18 bits per heavy atom. The molecule has 1 fully saturated rings. The van der Waals surface area contributed by atoms with Crippen molar-refractivity contribution in [3.63, 3.8) is 0 Å². The Hall–Kier alpha value is -0.890. The lowest BCUT2D eigenvalue weighted by molar-refractivity contribution is -0.104. The lowest BCUT2D eigenvalue weighted by atomic mass is 9.62. The van der Waals surface area contributed by atoms with E-state index in [1.807, 2.05) is 0 Å². The van der Waals surface area contributed by atoms with Crippen molar-refractivity contribution in [2.45, 2.75) is 52.1 Å². The first-order valence-corrected chi connectivity index (χ1v) is 6.36. The molecule has 0 amide bonds. The fraction of sp³-hybridized carbons (Fsp3) is 0.600. The summed E-state index contributed by atoms with van der Waals surface area (Å²) in [5.74, 6) is -0.203. The smallest absolute Gasteiger partial charge is 0.126 e. The van der Waals surface area contributed by atoms with Crippen LogP contribution in [0.3, 0.4) is 0 Å². The second-order valence-electron chi connectivity index (χ2n) is 5.92. The molecular formula is C15H21FO. The zero-order chi connectivity index (χ0) is 12.7. The largest absolute Gasteiger partial charge is 0.385 e. The second-order valence-corrected chi connectivity index (χ2v) is 5.92. The maximum absolute atomic E-state index is 13.3. The topological polar surface area (TPSA) is 20.2 Å². The molecule has 0 aliphatic heterocycles. The van der Waals surface area contributed by atoms with Crippen molar-refractivity contribution in [3.8, 4) is 0 Å². The molecule has 2 heteroatoms. The van der Waals surface area contributed by atoms with E-state index < -0.39 is 5.60 Å². The van der Waals surface area contributed by atoms with Gasteiger partial charge in [-0.15, -0.1) is 0 Å². The summed E-state index contributed by atoms with van der Waals surface area (Å²) in [4.78, 5) is 0. The molecule has 1 aliphatic carbocycles. The van der Waals surface area contributed by atoms with Gasteiger partial charge in [-0.2, -0.15) is 0 Å². The molecule has 2 rings (SSSR count). The van der Waals surface area contributed by atoms with Gasteiger partial charge in [0.05, 0.1) is 5.60 Å². The van der Waals surface area contributed by atoms with Crippen molar-refractivity contribution in [2.24, 2.45) is 5.41 Å². The van der Waals surface area contributed by atoms with Gasteiger partial charge in [-0.05, 0) is 42.4 Å². The van der Waals surface area contributed by atoms with Gasteiger partial charge in [0.2, 0.25) is 0 Å². The molecule has 0 saturated heterocycles. The fourth-order valence-electron chi connectivity index (χ4n) is 2.93. The Labute approximate surface area is 103 Å². The normalized spacial score (nSPS) is 28.1. The lowest BCUT2D eigenvalue weighted by Gasteiger charge is -2.47. The van der Waals surface area contributed by atoms with Crippen LogP contribution >= 0.6 is 0 Å². The molecule has 1 aromatic rings. The molecule has 17 heavy (non-hydrogen) atoms. The van der Waals surface area contributed by atoms with Crippen LogP contribution in [0.5, 0.6) is 0 Å². The first-order valence-electron chi connectivity index (χ1n) is 6.36. The molecule has 1 atom stereocenters. The van der Waals surface area contributed by atoms with Gasteiger partial charge >= 0.3 is 0 Å². The van der Waals surface area contributed by atoms with Crippen molar-refractivity contribution >= 4 is 0 Å². The Bertz CT molecular complexity index is 425. The van der Waals surface area contributed by atoms with Gasteiger partial charge in [0.15, 0.2) is 0 Å². The van der Waals surface area contributed by atoms with E-state index >= 15 is 0 Å². The Morgan fingerprint density at radius 2 is 1.82 bits per heavy atom. The number of hydrogen-bond donors (Lipinski definition) is 1. The summed E-state index contributed by atoms with van der Waals surface area (Å²) in [6.07, 6.45) is 3.98. The predicted molar refractivity (Wildman–Crippen MR) is 67.3 cm³/mol. The molecule has 0 radical (unpaired) electrons. The van der Waals surface area contributed by atoms with Crippen LogP contribution in [0.1, 0.15) is 50.7 Å². The molecule has 1 aliphatic rings. The number of hydrogen-bond acceptors (Lipinski definition) is 1. The maximum Gasteiger partial charge on any atom is 0.126 e. The molecule has 1 nitrogen and oxygen atoms in total. The van der Waals surface area contributed by atoms with Gasteiger partial charge < -0.3 is 5.11 Å². The van der Waals surface area contributed by atoms with Gasteiger partial charge in [0.1, 0.15) is 5.82 Å². The minimum absolute atomic E-state index is 0.143. The molecule has 94 valence electrons. The van der Waals surface area contributed by atoms with Gasteiger partial charge in [-0.3, -0.25) is 0 Å². The van der Waals surface area contributed by atoms with E-state index in [0.717, 1.165) is 31.2 Å². The molecule has 1 unspecified atom stereocenters. The molecule has 0 aromatic heterocycles. The average molecular weight is 236 g/mol. The van der Waals surface area contributed by atoms with Crippen molar-refractivity contribution in [3.05, 3.63) is 35.1 Å². The SMILES string of the molecule is Cc1cc(C2(O)CCCCC2(C)C)ccc1F. The summed E-state index contributed by atoms with van der Waals surface area (Å²) in [6.45, 7) is 5.95. The van der Waals surface area contributed by atoms with Crippen molar-refractivity contribution in [1.29, 1.82) is 0 Å². The van der Waals surface area contributed by atoms with E-state index in [9.17, 15) is 9.50 Å².